The van der Waals surface area contributed by atoms with E-state index in [2.05, 4.69) is 5.32 Å². The second-order valence-corrected chi connectivity index (χ2v) is 7.83. The Kier molecular flexibility index (Phi) is 5.55. The molecule has 2 aliphatic rings. The van der Waals surface area contributed by atoms with Crippen molar-refractivity contribution < 1.29 is 19.1 Å². The maximum Gasteiger partial charge on any atom is 0.326 e. The monoisotopic (exact) mass is 376 g/mol. The van der Waals surface area contributed by atoms with Gasteiger partial charge < -0.3 is 10.1 Å². The molecule has 2 fully saturated rings. The Balaban J connectivity index is 1.58. The molecule has 0 bridgehead atoms. The molecule has 1 aliphatic heterocycles. The molecule has 140 valence electrons. The van der Waals surface area contributed by atoms with E-state index >= 15 is 0 Å². The van der Waals surface area contributed by atoms with Gasteiger partial charge in [0.1, 0.15) is 18.7 Å². The highest BCUT2D eigenvalue weighted by Gasteiger charge is 2.55. The first-order chi connectivity index (χ1) is 12.5. The third-order valence-corrected chi connectivity index (χ3v) is 6.09. The van der Waals surface area contributed by atoms with E-state index in [-0.39, 0.29) is 25.0 Å². The van der Waals surface area contributed by atoms with Gasteiger partial charge in [0.05, 0.1) is 0 Å². The van der Waals surface area contributed by atoms with Gasteiger partial charge in [-0.15, -0.1) is 11.8 Å². The lowest BCUT2D eigenvalue weighted by molar-refractivity contribution is -0.149. The number of benzene rings is 1. The van der Waals surface area contributed by atoms with Crippen molar-refractivity contribution in [1.29, 1.82) is 0 Å². The van der Waals surface area contributed by atoms with E-state index in [4.69, 9.17) is 4.74 Å². The van der Waals surface area contributed by atoms with Crippen molar-refractivity contribution >= 4 is 29.7 Å². The highest BCUT2D eigenvalue weighted by Crippen LogP contribution is 2.38. The fraction of sp³-hybridized carbons (Fsp3) is 0.526. The quantitative estimate of drug-likeness (QED) is 0.486. The van der Waals surface area contributed by atoms with Gasteiger partial charge in [-0.25, -0.2) is 4.79 Å². The minimum absolute atomic E-state index is 0.0728. The van der Waals surface area contributed by atoms with Crippen molar-refractivity contribution in [3.05, 3.63) is 29.8 Å². The number of imide groups is 1. The molecule has 0 unspecified atom stereocenters. The van der Waals surface area contributed by atoms with Gasteiger partial charge in [-0.05, 0) is 42.7 Å². The molecule has 26 heavy (non-hydrogen) atoms. The zero-order chi connectivity index (χ0) is 18.7. The number of urea groups is 1. The van der Waals surface area contributed by atoms with Crippen LogP contribution in [0.4, 0.5) is 4.79 Å². The normalized spacial score (nSPS) is 25.5. The molecule has 1 saturated heterocycles. The zero-order valence-corrected chi connectivity index (χ0v) is 15.9. The summed E-state index contributed by atoms with van der Waals surface area (Å²) in [5.74, 6) is -0.803. The van der Waals surface area contributed by atoms with Crippen LogP contribution in [0.15, 0.2) is 29.2 Å². The van der Waals surface area contributed by atoms with Crippen molar-refractivity contribution in [2.45, 2.75) is 49.6 Å². The number of hydrogen-bond acceptors (Lipinski definition) is 5. The summed E-state index contributed by atoms with van der Waals surface area (Å²) in [5, 5.41) is 2.84. The van der Waals surface area contributed by atoms with E-state index in [0.717, 1.165) is 34.6 Å². The summed E-state index contributed by atoms with van der Waals surface area (Å²) in [6.07, 6.45) is 5.49. The maximum absolute atomic E-state index is 12.8. The fourth-order valence-electron chi connectivity index (χ4n) is 3.70. The third kappa shape index (κ3) is 3.58. The van der Waals surface area contributed by atoms with Crippen LogP contribution in [0.1, 0.15) is 38.2 Å². The second kappa shape index (κ2) is 7.70. The summed E-state index contributed by atoms with van der Waals surface area (Å²) in [4.78, 5) is 39.4. The van der Waals surface area contributed by atoms with E-state index in [1.54, 1.807) is 11.8 Å². The summed E-state index contributed by atoms with van der Waals surface area (Å²) in [5.41, 5.74) is 0.0224. The molecule has 0 aromatic heterocycles. The van der Waals surface area contributed by atoms with Crippen LogP contribution in [0.5, 0.6) is 0 Å². The van der Waals surface area contributed by atoms with Crippen LogP contribution in [-0.4, -0.2) is 41.1 Å². The molecule has 3 amide bonds. The largest absolute Gasteiger partial charge is 0.459 e. The van der Waals surface area contributed by atoms with Crippen molar-refractivity contribution in [1.82, 2.24) is 10.2 Å². The highest BCUT2D eigenvalue weighted by atomic mass is 32.2. The van der Waals surface area contributed by atoms with Crippen LogP contribution in [0.3, 0.4) is 0 Å². The van der Waals surface area contributed by atoms with Crippen LogP contribution in [0.2, 0.25) is 0 Å². The van der Waals surface area contributed by atoms with Crippen molar-refractivity contribution in [2.24, 2.45) is 5.92 Å². The van der Waals surface area contributed by atoms with Gasteiger partial charge in [-0.1, -0.05) is 31.9 Å². The van der Waals surface area contributed by atoms with Gasteiger partial charge in [0.2, 0.25) is 0 Å². The predicted octanol–water partition coefficient (Wildman–Crippen LogP) is 2.95. The Labute approximate surface area is 157 Å². The first-order valence-electron chi connectivity index (χ1n) is 8.89. The second-order valence-electron chi connectivity index (χ2n) is 6.95. The smallest absolute Gasteiger partial charge is 0.326 e. The first-order valence-corrected chi connectivity index (χ1v) is 10.1. The summed E-state index contributed by atoms with van der Waals surface area (Å²) < 4.78 is 5.24. The molecule has 3 rings (SSSR count). The van der Waals surface area contributed by atoms with Crippen LogP contribution < -0.4 is 5.32 Å². The average molecular weight is 376 g/mol. The molecule has 1 aromatic carbocycles. The van der Waals surface area contributed by atoms with Crippen molar-refractivity contribution in [3.63, 3.8) is 0 Å². The Hall–Kier alpha value is -2.02. The summed E-state index contributed by atoms with van der Waals surface area (Å²) in [6.45, 7) is 1.76. The van der Waals surface area contributed by atoms with Gasteiger partial charge >= 0.3 is 12.0 Å². The predicted molar refractivity (Wildman–Crippen MR) is 98.6 cm³/mol. The Morgan fingerprint density at radius 3 is 2.69 bits per heavy atom. The van der Waals surface area contributed by atoms with Gasteiger partial charge in [0.15, 0.2) is 0 Å². The molecule has 7 heteroatoms. The van der Waals surface area contributed by atoms with Gasteiger partial charge in [0.25, 0.3) is 5.91 Å². The number of esters is 1. The summed E-state index contributed by atoms with van der Waals surface area (Å²) >= 11 is 1.64. The van der Waals surface area contributed by atoms with E-state index in [1.165, 1.54) is 0 Å². The van der Waals surface area contributed by atoms with E-state index in [1.807, 2.05) is 37.4 Å². The number of nitrogens with zero attached hydrogens (tertiary/aromatic N) is 1. The molecule has 0 radical (unpaired) electrons. The minimum atomic E-state index is -0.844. The standard InChI is InChI=1S/C19H24N2O4S/c1-13-5-3-4-10-19(13)17(23)21(18(24)20-19)11-16(22)25-12-14-6-8-15(26-2)9-7-14/h6-9,13H,3-5,10-12H2,1-2H3,(H,20,24)/t13-,19-/m0/s1. The summed E-state index contributed by atoms with van der Waals surface area (Å²) in [7, 11) is 0. The fourth-order valence-corrected chi connectivity index (χ4v) is 4.11. The number of amides is 3. The number of carbonyl (C=O) groups excluding carboxylic acids is 3. The number of nitrogens with one attached hydrogen (secondary N) is 1. The third-order valence-electron chi connectivity index (χ3n) is 5.35. The number of ether oxygens (including phenoxy) is 1. The topological polar surface area (TPSA) is 75.7 Å². The summed E-state index contributed by atoms with van der Waals surface area (Å²) in [6, 6.07) is 7.21. The molecule has 2 atom stereocenters. The van der Waals surface area contributed by atoms with Crippen LogP contribution in [0.25, 0.3) is 0 Å². The molecule has 1 aliphatic carbocycles. The highest BCUT2D eigenvalue weighted by molar-refractivity contribution is 7.98. The number of carbonyl (C=O) groups is 3. The molecular weight excluding hydrogens is 352 g/mol. The molecule has 1 saturated carbocycles. The van der Waals surface area contributed by atoms with E-state index in [9.17, 15) is 14.4 Å². The molecular formula is C19H24N2O4S. The lowest BCUT2D eigenvalue weighted by Crippen LogP contribution is -2.54. The van der Waals surface area contributed by atoms with Gasteiger partial charge in [-0.3, -0.25) is 14.5 Å². The Bertz CT molecular complexity index is 706. The van der Waals surface area contributed by atoms with Crippen LogP contribution >= 0.6 is 11.8 Å². The molecule has 1 spiro atoms. The SMILES string of the molecule is CSc1ccc(COC(=O)CN2C(=O)N[C@]3(CCCC[C@@H]3C)C2=O)cc1. The van der Waals surface area contributed by atoms with Crippen molar-refractivity contribution in [3.8, 4) is 0 Å². The molecule has 1 aromatic rings. The first kappa shape index (κ1) is 18.8. The van der Waals surface area contributed by atoms with Gasteiger partial charge in [-0.2, -0.15) is 0 Å². The number of thioether (sulfide) groups is 1. The maximum atomic E-state index is 12.8. The minimum Gasteiger partial charge on any atom is -0.459 e. The molecule has 1 N–H and O–H groups in total. The van der Waals surface area contributed by atoms with Crippen LogP contribution in [0, 0.1) is 5.92 Å². The van der Waals surface area contributed by atoms with E-state index in [0.29, 0.717) is 6.42 Å². The molecule has 1 heterocycles. The van der Waals surface area contributed by atoms with Crippen molar-refractivity contribution in [2.75, 3.05) is 12.8 Å². The Morgan fingerprint density at radius 1 is 1.31 bits per heavy atom. The Morgan fingerprint density at radius 2 is 2.04 bits per heavy atom. The van der Waals surface area contributed by atoms with E-state index < -0.39 is 17.5 Å². The van der Waals surface area contributed by atoms with Crippen LogP contribution in [-0.2, 0) is 20.9 Å². The lowest BCUT2D eigenvalue weighted by atomic mass is 9.73. The average Bonchev–Trinajstić information content (AvgIpc) is 2.88. The lowest BCUT2D eigenvalue weighted by Gasteiger charge is -2.36. The number of hydrogen-bond donors (Lipinski definition) is 1. The molecule has 6 nitrogen and oxygen atoms in total. The van der Waals surface area contributed by atoms with Gasteiger partial charge in [0, 0.05) is 4.90 Å². The number of rotatable bonds is 5. The zero-order valence-electron chi connectivity index (χ0n) is 15.1.